The molecule has 0 bridgehead atoms. The third-order valence-corrected chi connectivity index (χ3v) is 3.99. The molecule has 1 heterocycles. The fourth-order valence-electron chi connectivity index (χ4n) is 1.80. The molecule has 0 fully saturated rings. The number of hydrogen-bond acceptors (Lipinski definition) is 4. The molecule has 0 aliphatic heterocycles. The third kappa shape index (κ3) is 3.93. The minimum atomic E-state index is 0.260. The van der Waals surface area contributed by atoms with E-state index in [4.69, 9.17) is 11.6 Å². The van der Waals surface area contributed by atoms with E-state index in [0.717, 1.165) is 27.1 Å². The van der Waals surface area contributed by atoms with Crippen LogP contribution in [0.1, 0.15) is 25.5 Å². The normalized spacial score (nSPS) is 12.4. The SMILES string of the molecule is CCNC(C)c1ccc(Sc2ccncn2)cc1Cl. The van der Waals surface area contributed by atoms with E-state index in [1.54, 1.807) is 24.3 Å². The fourth-order valence-corrected chi connectivity index (χ4v) is 2.99. The van der Waals surface area contributed by atoms with Gasteiger partial charge in [-0.2, -0.15) is 0 Å². The standard InChI is InChI=1S/C14H16ClN3S/c1-3-17-10(2)12-5-4-11(8-13(12)15)19-14-6-7-16-9-18-14/h4-10,17H,3H2,1-2H3. The maximum atomic E-state index is 6.34. The highest BCUT2D eigenvalue weighted by Gasteiger charge is 2.09. The van der Waals surface area contributed by atoms with Gasteiger partial charge < -0.3 is 5.32 Å². The van der Waals surface area contributed by atoms with Gasteiger partial charge in [0.25, 0.3) is 0 Å². The first-order chi connectivity index (χ1) is 9.20. The van der Waals surface area contributed by atoms with Gasteiger partial charge in [-0.15, -0.1) is 0 Å². The van der Waals surface area contributed by atoms with E-state index in [0.29, 0.717) is 0 Å². The van der Waals surface area contributed by atoms with Crippen LogP contribution in [0.2, 0.25) is 5.02 Å². The van der Waals surface area contributed by atoms with Crippen molar-refractivity contribution in [1.29, 1.82) is 0 Å². The summed E-state index contributed by atoms with van der Waals surface area (Å²) in [5.41, 5.74) is 1.12. The second kappa shape index (κ2) is 6.89. The van der Waals surface area contributed by atoms with Crippen molar-refractivity contribution >= 4 is 23.4 Å². The summed E-state index contributed by atoms with van der Waals surface area (Å²) in [6.07, 6.45) is 3.28. The van der Waals surface area contributed by atoms with Gasteiger partial charge in [0.15, 0.2) is 0 Å². The summed E-state index contributed by atoms with van der Waals surface area (Å²) in [5, 5.41) is 5.06. The topological polar surface area (TPSA) is 37.8 Å². The van der Waals surface area contributed by atoms with Crippen LogP contribution in [0.15, 0.2) is 46.7 Å². The molecule has 1 N–H and O–H groups in total. The Morgan fingerprint density at radius 1 is 1.37 bits per heavy atom. The second-order valence-corrected chi connectivity index (χ2v) is 5.61. The Balaban J connectivity index is 2.15. The summed E-state index contributed by atoms with van der Waals surface area (Å²) >= 11 is 7.92. The molecule has 2 rings (SSSR count). The van der Waals surface area contributed by atoms with Crippen LogP contribution in [0.5, 0.6) is 0 Å². The molecule has 0 radical (unpaired) electrons. The van der Waals surface area contributed by atoms with Crippen molar-refractivity contribution in [2.24, 2.45) is 0 Å². The molecule has 1 aromatic heterocycles. The smallest absolute Gasteiger partial charge is 0.116 e. The van der Waals surface area contributed by atoms with Crippen molar-refractivity contribution in [1.82, 2.24) is 15.3 Å². The van der Waals surface area contributed by atoms with Crippen LogP contribution in [0, 0.1) is 0 Å². The summed E-state index contributed by atoms with van der Waals surface area (Å²) in [7, 11) is 0. The maximum Gasteiger partial charge on any atom is 0.116 e. The van der Waals surface area contributed by atoms with E-state index in [1.165, 1.54) is 0 Å². The Morgan fingerprint density at radius 2 is 2.21 bits per heavy atom. The van der Waals surface area contributed by atoms with E-state index in [-0.39, 0.29) is 6.04 Å². The van der Waals surface area contributed by atoms with E-state index < -0.39 is 0 Å². The zero-order chi connectivity index (χ0) is 13.7. The Labute approximate surface area is 122 Å². The zero-order valence-corrected chi connectivity index (χ0v) is 12.5. The van der Waals surface area contributed by atoms with Gasteiger partial charge in [0, 0.05) is 22.2 Å². The minimum absolute atomic E-state index is 0.260. The van der Waals surface area contributed by atoms with Crippen LogP contribution in [0.25, 0.3) is 0 Å². The Bertz CT molecular complexity index is 533. The lowest BCUT2D eigenvalue weighted by Gasteiger charge is -2.15. The van der Waals surface area contributed by atoms with Crippen molar-refractivity contribution in [3.8, 4) is 0 Å². The number of nitrogens with zero attached hydrogens (tertiary/aromatic N) is 2. The van der Waals surface area contributed by atoms with Gasteiger partial charge in [-0.3, -0.25) is 0 Å². The molecular weight excluding hydrogens is 278 g/mol. The van der Waals surface area contributed by atoms with E-state index >= 15 is 0 Å². The average Bonchev–Trinajstić information content (AvgIpc) is 2.40. The summed E-state index contributed by atoms with van der Waals surface area (Å²) in [4.78, 5) is 9.17. The monoisotopic (exact) mass is 293 g/mol. The molecule has 1 unspecified atom stereocenters. The lowest BCUT2D eigenvalue weighted by Crippen LogP contribution is -2.17. The van der Waals surface area contributed by atoms with Crippen LogP contribution in [0.3, 0.4) is 0 Å². The van der Waals surface area contributed by atoms with Gasteiger partial charge in [-0.05, 0) is 37.2 Å². The predicted octanol–water partition coefficient (Wildman–Crippen LogP) is 3.95. The van der Waals surface area contributed by atoms with Crippen molar-refractivity contribution in [3.05, 3.63) is 47.4 Å². The molecule has 0 aliphatic carbocycles. The predicted molar refractivity (Wildman–Crippen MR) is 79.7 cm³/mol. The van der Waals surface area contributed by atoms with Crippen molar-refractivity contribution in [3.63, 3.8) is 0 Å². The van der Waals surface area contributed by atoms with Crippen LogP contribution in [0.4, 0.5) is 0 Å². The van der Waals surface area contributed by atoms with E-state index in [2.05, 4.69) is 41.3 Å². The highest BCUT2D eigenvalue weighted by molar-refractivity contribution is 7.99. The number of nitrogens with one attached hydrogen (secondary N) is 1. The molecule has 2 aromatic rings. The van der Waals surface area contributed by atoms with Crippen molar-refractivity contribution < 1.29 is 0 Å². The Morgan fingerprint density at radius 3 is 2.84 bits per heavy atom. The average molecular weight is 294 g/mol. The van der Waals surface area contributed by atoms with Gasteiger partial charge in [-0.1, -0.05) is 36.4 Å². The molecule has 0 saturated heterocycles. The molecule has 100 valence electrons. The van der Waals surface area contributed by atoms with Gasteiger partial charge in [0.2, 0.25) is 0 Å². The largest absolute Gasteiger partial charge is 0.310 e. The Hall–Kier alpha value is -1.10. The highest BCUT2D eigenvalue weighted by Crippen LogP contribution is 2.31. The van der Waals surface area contributed by atoms with Crippen LogP contribution in [-0.4, -0.2) is 16.5 Å². The van der Waals surface area contributed by atoms with Crippen LogP contribution < -0.4 is 5.32 Å². The molecule has 0 spiro atoms. The number of aromatic nitrogens is 2. The van der Waals surface area contributed by atoms with Crippen LogP contribution in [-0.2, 0) is 0 Å². The number of rotatable bonds is 5. The molecule has 0 aliphatic rings. The quantitative estimate of drug-likeness (QED) is 0.847. The molecule has 1 atom stereocenters. The molecular formula is C14H16ClN3S. The first-order valence-corrected chi connectivity index (χ1v) is 7.37. The number of hydrogen-bond donors (Lipinski definition) is 1. The van der Waals surface area contributed by atoms with E-state index in [9.17, 15) is 0 Å². The van der Waals surface area contributed by atoms with Gasteiger partial charge in [0.1, 0.15) is 11.4 Å². The molecule has 5 heteroatoms. The summed E-state index contributed by atoms with van der Waals surface area (Å²) in [5.74, 6) is 0. The lowest BCUT2D eigenvalue weighted by molar-refractivity contribution is 0.598. The maximum absolute atomic E-state index is 6.34. The highest BCUT2D eigenvalue weighted by atomic mass is 35.5. The van der Waals surface area contributed by atoms with E-state index in [1.807, 2.05) is 12.1 Å². The Kier molecular flexibility index (Phi) is 5.19. The van der Waals surface area contributed by atoms with Crippen molar-refractivity contribution in [2.45, 2.75) is 29.8 Å². The molecule has 0 saturated carbocycles. The summed E-state index contributed by atoms with van der Waals surface area (Å²) in [6.45, 7) is 5.13. The van der Waals surface area contributed by atoms with Crippen LogP contribution >= 0.6 is 23.4 Å². The summed E-state index contributed by atoms with van der Waals surface area (Å²) in [6, 6.07) is 8.27. The molecule has 0 amide bonds. The molecule has 1 aromatic carbocycles. The first-order valence-electron chi connectivity index (χ1n) is 6.17. The second-order valence-electron chi connectivity index (χ2n) is 4.11. The van der Waals surface area contributed by atoms with Gasteiger partial charge in [-0.25, -0.2) is 9.97 Å². The molecule has 3 nitrogen and oxygen atoms in total. The molecule has 19 heavy (non-hydrogen) atoms. The van der Waals surface area contributed by atoms with Gasteiger partial charge in [0.05, 0.1) is 0 Å². The van der Waals surface area contributed by atoms with Gasteiger partial charge >= 0.3 is 0 Å². The minimum Gasteiger partial charge on any atom is -0.310 e. The lowest BCUT2D eigenvalue weighted by atomic mass is 10.1. The van der Waals surface area contributed by atoms with Crippen molar-refractivity contribution in [2.75, 3.05) is 6.54 Å². The number of halogens is 1. The third-order valence-electron chi connectivity index (χ3n) is 2.73. The first kappa shape index (κ1) is 14.3. The fraction of sp³-hybridized carbons (Fsp3) is 0.286. The summed E-state index contributed by atoms with van der Waals surface area (Å²) < 4.78 is 0. The number of benzene rings is 1. The zero-order valence-electron chi connectivity index (χ0n) is 10.9.